The van der Waals surface area contributed by atoms with Gasteiger partial charge in [-0.2, -0.15) is 0 Å². The highest BCUT2D eigenvalue weighted by molar-refractivity contribution is 9.11. The zero-order valence-corrected chi connectivity index (χ0v) is 11.8. The number of hydrogen-bond acceptors (Lipinski definition) is 3. The molecule has 2 amide bonds. The van der Waals surface area contributed by atoms with Gasteiger partial charge in [-0.25, -0.2) is 4.79 Å². The average Bonchev–Trinajstić information content (AvgIpc) is 2.71. The summed E-state index contributed by atoms with van der Waals surface area (Å²) in [6, 6.07) is 3.26. The Hall–Kier alpha value is -1.52. The summed E-state index contributed by atoms with van der Waals surface area (Å²) in [4.78, 5) is 24.3. The molecule has 1 rings (SSSR count). The van der Waals surface area contributed by atoms with Crippen molar-refractivity contribution >= 4 is 39.3 Å². The molecule has 0 aromatic carbocycles. The fourth-order valence-corrected chi connectivity index (χ4v) is 2.62. The number of thiophene rings is 1. The van der Waals surface area contributed by atoms with Crippen LogP contribution < -0.4 is 5.32 Å². The number of carbonyl (C=O) groups excluding carboxylic acids is 1. The second-order valence-electron chi connectivity index (χ2n) is 3.32. The fourth-order valence-electron chi connectivity index (χ4n) is 1.19. The fraction of sp³-hybridized carbons (Fsp3) is 0.273. The second kappa shape index (κ2) is 7.03. The summed E-state index contributed by atoms with van der Waals surface area (Å²) in [7, 11) is 0. The quantitative estimate of drug-likeness (QED) is 0.808. The van der Waals surface area contributed by atoms with Gasteiger partial charge in [0.1, 0.15) is 6.54 Å². The van der Waals surface area contributed by atoms with Crippen molar-refractivity contribution in [2.24, 2.45) is 0 Å². The lowest BCUT2D eigenvalue weighted by atomic mass is 10.4. The van der Waals surface area contributed by atoms with Crippen LogP contribution in [0.25, 0.3) is 0 Å². The van der Waals surface area contributed by atoms with Crippen LogP contribution in [0.3, 0.4) is 0 Å². The molecular weight excluding hydrogens is 320 g/mol. The first-order valence-corrected chi connectivity index (χ1v) is 6.56. The van der Waals surface area contributed by atoms with Crippen molar-refractivity contribution in [3.8, 4) is 12.3 Å². The van der Waals surface area contributed by atoms with Crippen molar-refractivity contribution in [3.05, 3.63) is 20.8 Å². The van der Waals surface area contributed by atoms with Crippen molar-refractivity contribution in [1.29, 1.82) is 0 Å². The van der Waals surface area contributed by atoms with E-state index in [1.54, 1.807) is 0 Å². The van der Waals surface area contributed by atoms with Crippen molar-refractivity contribution < 1.29 is 14.7 Å². The van der Waals surface area contributed by atoms with Crippen LogP contribution in [0, 0.1) is 12.3 Å². The zero-order chi connectivity index (χ0) is 13.5. The van der Waals surface area contributed by atoms with Gasteiger partial charge in [0.25, 0.3) is 0 Å². The van der Waals surface area contributed by atoms with Crippen LogP contribution in [-0.4, -0.2) is 35.1 Å². The predicted octanol–water partition coefficient (Wildman–Crippen LogP) is 1.74. The Bertz CT molecular complexity index is 481. The maximum atomic E-state index is 11.7. The first-order valence-electron chi connectivity index (χ1n) is 4.95. The van der Waals surface area contributed by atoms with E-state index in [4.69, 9.17) is 11.5 Å². The molecule has 0 saturated carbocycles. The van der Waals surface area contributed by atoms with E-state index in [0.717, 1.165) is 13.6 Å². The normalized spacial score (nSPS) is 9.56. The van der Waals surface area contributed by atoms with Crippen LogP contribution >= 0.6 is 27.3 Å². The van der Waals surface area contributed by atoms with Crippen LogP contribution in [0.1, 0.15) is 4.88 Å². The predicted molar refractivity (Wildman–Crippen MR) is 72.3 cm³/mol. The highest BCUT2D eigenvalue weighted by Crippen LogP contribution is 2.21. The molecule has 0 aliphatic carbocycles. The number of aliphatic carboxylic acids is 1. The number of urea groups is 1. The molecule has 0 atom stereocenters. The number of amides is 2. The number of terminal acetylenes is 1. The maximum Gasteiger partial charge on any atom is 0.323 e. The van der Waals surface area contributed by atoms with Crippen LogP contribution in [0.2, 0.25) is 0 Å². The molecule has 0 spiro atoms. The number of carboxylic acids is 1. The minimum absolute atomic E-state index is 0.0354. The zero-order valence-electron chi connectivity index (χ0n) is 9.35. The van der Waals surface area contributed by atoms with Gasteiger partial charge >= 0.3 is 12.0 Å². The number of nitrogens with zero attached hydrogens (tertiary/aromatic N) is 1. The van der Waals surface area contributed by atoms with Crippen LogP contribution in [0.15, 0.2) is 15.9 Å². The van der Waals surface area contributed by atoms with Gasteiger partial charge in [-0.05, 0) is 28.1 Å². The Balaban J connectivity index is 2.51. The van der Waals surface area contributed by atoms with E-state index < -0.39 is 18.5 Å². The number of hydrogen-bond donors (Lipinski definition) is 2. The van der Waals surface area contributed by atoms with Gasteiger partial charge in [0.2, 0.25) is 0 Å². The van der Waals surface area contributed by atoms with E-state index >= 15 is 0 Å². The highest BCUT2D eigenvalue weighted by atomic mass is 79.9. The molecule has 1 heterocycles. The molecule has 5 nitrogen and oxygen atoms in total. The van der Waals surface area contributed by atoms with Crippen molar-refractivity contribution in [3.63, 3.8) is 0 Å². The smallest absolute Gasteiger partial charge is 0.323 e. The van der Waals surface area contributed by atoms with E-state index in [1.165, 1.54) is 11.3 Å². The Morgan fingerprint density at radius 1 is 1.56 bits per heavy atom. The molecule has 0 bridgehead atoms. The summed E-state index contributed by atoms with van der Waals surface area (Å²) in [5.74, 6) is 1.16. The molecule has 96 valence electrons. The highest BCUT2D eigenvalue weighted by Gasteiger charge is 2.15. The first kappa shape index (κ1) is 14.5. The van der Waals surface area contributed by atoms with Gasteiger partial charge in [0.05, 0.1) is 16.9 Å². The molecule has 0 aliphatic rings. The summed E-state index contributed by atoms with van der Waals surface area (Å²) >= 11 is 4.81. The lowest BCUT2D eigenvalue weighted by Gasteiger charge is -2.18. The Morgan fingerprint density at radius 3 is 2.78 bits per heavy atom. The van der Waals surface area contributed by atoms with Gasteiger partial charge in [0, 0.05) is 4.88 Å². The molecule has 0 unspecified atom stereocenters. The van der Waals surface area contributed by atoms with E-state index in [2.05, 4.69) is 27.2 Å². The van der Waals surface area contributed by atoms with Gasteiger partial charge in [0.15, 0.2) is 0 Å². The standard InChI is InChI=1S/C11H11BrN2O3S/c1-2-5-14(7-10(15)16)11(17)13-6-8-3-4-9(12)18-8/h1,3-4H,5-7H2,(H,13,17)(H,15,16). The molecule has 0 saturated heterocycles. The molecule has 18 heavy (non-hydrogen) atoms. The van der Waals surface area contributed by atoms with Crippen LogP contribution in [0.5, 0.6) is 0 Å². The molecular formula is C11H11BrN2O3S. The number of rotatable bonds is 5. The lowest BCUT2D eigenvalue weighted by Crippen LogP contribution is -2.42. The number of nitrogens with one attached hydrogen (secondary N) is 1. The molecule has 0 fully saturated rings. The third-order valence-electron chi connectivity index (χ3n) is 1.94. The van der Waals surface area contributed by atoms with Crippen molar-refractivity contribution in [1.82, 2.24) is 10.2 Å². The lowest BCUT2D eigenvalue weighted by molar-refractivity contribution is -0.137. The molecule has 1 aromatic rings. The number of carbonyl (C=O) groups is 2. The van der Waals surface area contributed by atoms with E-state index in [1.807, 2.05) is 12.1 Å². The summed E-state index contributed by atoms with van der Waals surface area (Å²) in [6.45, 7) is -0.105. The van der Waals surface area contributed by atoms with E-state index in [-0.39, 0.29) is 6.54 Å². The minimum Gasteiger partial charge on any atom is -0.480 e. The molecule has 0 radical (unpaired) electrons. The molecule has 7 heteroatoms. The largest absolute Gasteiger partial charge is 0.480 e. The summed E-state index contributed by atoms with van der Waals surface area (Å²) < 4.78 is 0.970. The van der Waals surface area contributed by atoms with Gasteiger partial charge in [-0.3, -0.25) is 4.79 Å². The summed E-state index contributed by atoms with van der Waals surface area (Å²) in [5.41, 5.74) is 0. The van der Waals surface area contributed by atoms with E-state index in [9.17, 15) is 9.59 Å². The topological polar surface area (TPSA) is 69.6 Å². The monoisotopic (exact) mass is 330 g/mol. The third-order valence-corrected chi connectivity index (χ3v) is 3.56. The third kappa shape index (κ3) is 4.77. The molecule has 1 aromatic heterocycles. The molecule has 2 N–H and O–H groups in total. The Kier molecular flexibility index (Phi) is 5.68. The second-order valence-corrected chi connectivity index (χ2v) is 5.87. The first-order chi connectivity index (χ1) is 8.52. The minimum atomic E-state index is -1.10. The average molecular weight is 331 g/mol. The maximum absolute atomic E-state index is 11.7. The molecule has 0 aliphatic heterocycles. The summed E-state index contributed by atoms with van der Waals surface area (Å²) in [5, 5.41) is 11.3. The van der Waals surface area contributed by atoms with E-state index in [0.29, 0.717) is 6.54 Å². The van der Waals surface area contributed by atoms with Crippen molar-refractivity contribution in [2.75, 3.05) is 13.1 Å². The number of carboxylic acid groups (broad SMARTS) is 1. The van der Waals surface area contributed by atoms with Crippen molar-refractivity contribution in [2.45, 2.75) is 6.54 Å². The Morgan fingerprint density at radius 2 is 2.28 bits per heavy atom. The van der Waals surface area contributed by atoms with Crippen LogP contribution in [-0.2, 0) is 11.3 Å². The van der Waals surface area contributed by atoms with Gasteiger partial charge < -0.3 is 15.3 Å². The van der Waals surface area contributed by atoms with Crippen LogP contribution in [0.4, 0.5) is 4.79 Å². The Labute approximate surface area is 117 Å². The SMILES string of the molecule is C#CCN(CC(=O)O)C(=O)NCc1ccc(Br)s1. The van der Waals surface area contributed by atoms with Gasteiger partial charge in [-0.15, -0.1) is 17.8 Å². The van der Waals surface area contributed by atoms with Gasteiger partial charge in [-0.1, -0.05) is 5.92 Å². The summed E-state index contributed by atoms with van der Waals surface area (Å²) in [6.07, 6.45) is 5.08. The number of halogens is 1.